The van der Waals surface area contributed by atoms with Crippen molar-refractivity contribution < 1.29 is 9.53 Å². The molecule has 3 rings (SSSR count). The summed E-state index contributed by atoms with van der Waals surface area (Å²) in [6.45, 7) is 4.21. The van der Waals surface area contributed by atoms with Gasteiger partial charge in [-0.05, 0) is 44.4 Å². The van der Waals surface area contributed by atoms with E-state index >= 15 is 0 Å². The van der Waals surface area contributed by atoms with Gasteiger partial charge in [-0.25, -0.2) is 0 Å². The summed E-state index contributed by atoms with van der Waals surface area (Å²) in [6, 6.07) is 5.98. The maximum atomic E-state index is 11.8. The minimum Gasteiger partial charge on any atom is -0.476 e. The van der Waals surface area contributed by atoms with Crippen LogP contribution >= 0.6 is 0 Å². The number of amides is 1. The monoisotopic (exact) mass is 246 g/mol. The smallest absolute Gasteiger partial charge is 0.268 e. The van der Waals surface area contributed by atoms with Gasteiger partial charge >= 0.3 is 0 Å². The van der Waals surface area contributed by atoms with E-state index in [1.54, 1.807) is 13.8 Å². The van der Waals surface area contributed by atoms with Gasteiger partial charge in [-0.1, -0.05) is 6.07 Å². The first-order chi connectivity index (χ1) is 8.47. The molecule has 0 radical (unpaired) electrons. The summed E-state index contributed by atoms with van der Waals surface area (Å²) >= 11 is 0. The average molecular weight is 246 g/mol. The quantitative estimate of drug-likeness (QED) is 0.836. The van der Waals surface area contributed by atoms with Crippen molar-refractivity contribution in [2.75, 3.05) is 11.9 Å². The number of fused-ring (bicyclic) bond motifs is 1. The van der Waals surface area contributed by atoms with Crippen molar-refractivity contribution in [3.63, 3.8) is 0 Å². The van der Waals surface area contributed by atoms with E-state index < -0.39 is 5.60 Å². The van der Waals surface area contributed by atoms with E-state index in [1.165, 1.54) is 5.56 Å². The summed E-state index contributed by atoms with van der Waals surface area (Å²) in [5.41, 5.74) is 7.13. The van der Waals surface area contributed by atoms with Gasteiger partial charge in [0.15, 0.2) is 5.60 Å². The number of carbonyl (C=O) groups excluding carboxylic acids is 1. The number of carbonyl (C=O) groups is 1. The predicted molar refractivity (Wildman–Crippen MR) is 69.7 cm³/mol. The normalized spacial score (nSPS) is 22.7. The molecular formula is C14H18N2O2. The second-order valence-electron chi connectivity index (χ2n) is 5.76. The van der Waals surface area contributed by atoms with Crippen LogP contribution in [0.25, 0.3) is 0 Å². The summed E-state index contributed by atoms with van der Waals surface area (Å²) in [7, 11) is 0. The van der Waals surface area contributed by atoms with Gasteiger partial charge in [-0.15, -0.1) is 0 Å². The molecule has 0 unspecified atom stereocenters. The van der Waals surface area contributed by atoms with Crippen LogP contribution < -0.4 is 15.8 Å². The fraction of sp³-hybridized carbons (Fsp3) is 0.500. The molecule has 1 aromatic carbocycles. The largest absolute Gasteiger partial charge is 0.476 e. The molecule has 0 bridgehead atoms. The van der Waals surface area contributed by atoms with Crippen molar-refractivity contribution in [2.24, 2.45) is 5.73 Å². The van der Waals surface area contributed by atoms with Crippen molar-refractivity contribution in [3.05, 3.63) is 23.8 Å². The van der Waals surface area contributed by atoms with E-state index in [4.69, 9.17) is 10.5 Å². The lowest BCUT2D eigenvalue weighted by molar-refractivity contribution is -0.129. The summed E-state index contributed by atoms with van der Waals surface area (Å²) in [6.07, 6.45) is 2.27. The first-order valence-corrected chi connectivity index (χ1v) is 6.32. The first-order valence-electron chi connectivity index (χ1n) is 6.32. The molecule has 0 spiro atoms. The Balaban J connectivity index is 1.99. The highest BCUT2D eigenvalue weighted by molar-refractivity contribution is 6.00. The van der Waals surface area contributed by atoms with Crippen molar-refractivity contribution in [2.45, 2.75) is 37.7 Å². The molecule has 96 valence electrons. The van der Waals surface area contributed by atoms with E-state index in [-0.39, 0.29) is 11.3 Å². The first kappa shape index (κ1) is 11.5. The van der Waals surface area contributed by atoms with Crippen LogP contribution in [-0.4, -0.2) is 18.1 Å². The van der Waals surface area contributed by atoms with Gasteiger partial charge < -0.3 is 15.8 Å². The van der Waals surface area contributed by atoms with Crippen LogP contribution in [0.2, 0.25) is 0 Å². The molecule has 1 fully saturated rings. The SMILES string of the molecule is CC1(C)Oc2cc(C3(CN)CC3)ccc2NC1=O. The van der Waals surface area contributed by atoms with E-state index in [1.807, 2.05) is 18.2 Å². The lowest BCUT2D eigenvalue weighted by Crippen LogP contribution is -2.45. The topological polar surface area (TPSA) is 64.3 Å². The summed E-state index contributed by atoms with van der Waals surface area (Å²) in [5.74, 6) is 0.638. The second kappa shape index (κ2) is 3.48. The molecule has 18 heavy (non-hydrogen) atoms. The summed E-state index contributed by atoms with van der Waals surface area (Å²) in [4.78, 5) is 11.8. The van der Waals surface area contributed by atoms with Gasteiger partial charge in [0.2, 0.25) is 0 Å². The molecular weight excluding hydrogens is 228 g/mol. The molecule has 1 heterocycles. The number of hydrogen-bond donors (Lipinski definition) is 2. The van der Waals surface area contributed by atoms with Crippen molar-refractivity contribution in [1.29, 1.82) is 0 Å². The minimum absolute atomic E-state index is 0.109. The average Bonchev–Trinajstić information content (AvgIpc) is 3.10. The highest BCUT2D eigenvalue weighted by Gasteiger charge is 2.44. The molecule has 1 aromatic rings. The van der Waals surface area contributed by atoms with E-state index in [2.05, 4.69) is 5.32 Å². The van der Waals surface area contributed by atoms with Gasteiger partial charge in [-0.2, -0.15) is 0 Å². The van der Waals surface area contributed by atoms with Crippen LogP contribution in [0.5, 0.6) is 5.75 Å². The zero-order chi connectivity index (χ0) is 13.0. The maximum absolute atomic E-state index is 11.8. The van der Waals surface area contributed by atoms with Crippen LogP contribution in [0.4, 0.5) is 5.69 Å². The Morgan fingerprint density at radius 1 is 1.39 bits per heavy atom. The lowest BCUT2D eigenvalue weighted by atomic mass is 9.95. The fourth-order valence-electron chi connectivity index (χ4n) is 2.40. The number of nitrogens with one attached hydrogen (secondary N) is 1. The Hall–Kier alpha value is -1.55. The standard InChI is InChI=1S/C14H18N2O2/c1-13(2)12(17)16-10-4-3-9(7-11(10)18-13)14(8-15)5-6-14/h3-4,7H,5-6,8,15H2,1-2H3,(H,16,17). The van der Waals surface area contributed by atoms with Crippen LogP contribution in [-0.2, 0) is 10.2 Å². The van der Waals surface area contributed by atoms with Gasteiger partial charge in [-0.3, -0.25) is 4.79 Å². The zero-order valence-electron chi connectivity index (χ0n) is 10.7. The molecule has 0 aromatic heterocycles. The fourth-order valence-corrected chi connectivity index (χ4v) is 2.40. The molecule has 4 heteroatoms. The number of rotatable bonds is 2. The van der Waals surface area contributed by atoms with Crippen LogP contribution in [0.1, 0.15) is 32.3 Å². The van der Waals surface area contributed by atoms with Gasteiger partial charge in [0.1, 0.15) is 5.75 Å². The number of benzene rings is 1. The van der Waals surface area contributed by atoms with Crippen LogP contribution in [0, 0.1) is 0 Å². The van der Waals surface area contributed by atoms with Crippen molar-refractivity contribution >= 4 is 11.6 Å². The Bertz CT molecular complexity index is 519. The van der Waals surface area contributed by atoms with E-state index in [0.29, 0.717) is 6.54 Å². The Morgan fingerprint density at radius 2 is 2.11 bits per heavy atom. The molecule has 1 aliphatic carbocycles. The number of ether oxygens (including phenoxy) is 1. The van der Waals surface area contributed by atoms with Crippen molar-refractivity contribution in [1.82, 2.24) is 0 Å². The number of nitrogens with two attached hydrogens (primary N) is 1. The lowest BCUT2D eigenvalue weighted by Gasteiger charge is -2.32. The van der Waals surface area contributed by atoms with Gasteiger partial charge in [0.25, 0.3) is 5.91 Å². The molecule has 1 saturated carbocycles. The molecule has 3 N–H and O–H groups in total. The third-order valence-electron chi connectivity index (χ3n) is 4.00. The Kier molecular flexibility index (Phi) is 2.23. The molecule has 4 nitrogen and oxygen atoms in total. The Labute approximate surface area is 107 Å². The molecule has 1 aliphatic heterocycles. The Morgan fingerprint density at radius 3 is 2.72 bits per heavy atom. The second-order valence-corrected chi connectivity index (χ2v) is 5.76. The minimum atomic E-state index is -0.814. The molecule has 1 amide bonds. The summed E-state index contributed by atoms with van der Waals surface area (Å²) in [5, 5.41) is 2.87. The zero-order valence-corrected chi connectivity index (χ0v) is 10.7. The van der Waals surface area contributed by atoms with Crippen molar-refractivity contribution in [3.8, 4) is 5.75 Å². The molecule has 0 atom stereocenters. The maximum Gasteiger partial charge on any atom is 0.268 e. The number of anilines is 1. The van der Waals surface area contributed by atoms with Crippen LogP contribution in [0.15, 0.2) is 18.2 Å². The van der Waals surface area contributed by atoms with Gasteiger partial charge in [0.05, 0.1) is 5.69 Å². The van der Waals surface area contributed by atoms with Crippen LogP contribution in [0.3, 0.4) is 0 Å². The molecule has 2 aliphatic rings. The highest BCUT2D eigenvalue weighted by Crippen LogP contribution is 2.49. The molecule has 0 saturated heterocycles. The van der Waals surface area contributed by atoms with E-state index in [9.17, 15) is 4.79 Å². The third kappa shape index (κ3) is 1.60. The third-order valence-corrected chi connectivity index (χ3v) is 4.00. The predicted octanol–water partition coefficient (Wildman–Crippen LogP) is 1.79. The van der Waals surface area contributed by atoms with Gasteiger partial charge in [0, 0.05) is 12.0 Å². The number of hydrogen-bond acceptors (Lipinski definition) is 3. The summed E-state index contributed by atoms with van der Waals surface area (Å²) < 4.78 is 5.79. The highest BCUT2D eigenvalue weighted by atomic mass is 16.5. The van der Waals surface area contributed by atoms with E-state index in [0.717, 1.165) is 24.3 Å².